The molecule has 2 rings (SSSR count). The van der Waals surface area contributed by atoms with Gasteiger partial charge < -0.3 is 15.1 Å². The van der Waals surface area contributed by atoms with Crippen LogP contribution >= 0.6 is 0 Å². The lowest BCUT2D eigenvalue weighted by Gasteiger charge is -2.29. The van der Waals surface area contributed by atoms with E-state index < -0.39 is 0 Å². The smallest absolute Gasteiger partial charge is 0.255 e. The van der Waals surface area contributed by atoms with Crippen molar-refractivity contribution >= 4 is 5.91 Å². The number of hydrogen-bond acceptors (Lipinski definition) is 3. The van der Waals surface area contributed by atoms with Crippen molar-refractivity contribution in [3.8, 4) is 11.8 Å². The van der Waals surface area contributed by atoms with Gasteiger partial charge in [0.2, 0.25) is 0 Å². The lowest BCUT2D eigenvalue weighted by molar-refractivity contribution is 0.0546. The van der Waals surface area contributed by atoms with E-state index in [-0.39, 0.29) is 18.6 Å². The van der Waals surface area contributed by atoms with E-state index >= 15 is 0 Å². The Balaban J connectivity index is 2.19. The predicted molar refractivity (Wildman–Crippen MR) is 71.6 cm³/mol. The molecule has 0 spiro atoms. The highest BCUT2D eigenvalue weighted by Gasteiger charge is 2.23. The molecule has 0 aliphatic carbocycles. The molecule has 1 aliphatic heterocycles. The zero-order valence-electron chi connectivity index (χ0n) is 10.7. The number of aliphatic hydroxyl groups excluding tert-OH is 2. The lowest BCUT2D eigenvalue weighted by Crippen LogP contribution is -2.40. The summed E-state index contributed by atoms with van der Waals surface area (Å²) >= 11 is 0. The molecule has 1 aliphatic rings. The maximum atomic E-state index is 12.4. The molecule has 1 fully saturated rings. The molecule has 19 heavy (non-hydrogen) atoms. The predicted octanol–water partition coefficient (Wildman–Crippen LogP) is 0.627. The molecule has 1 heterocycles. The number of likely N-dealkylation sites (tertiary alicyclic amines) is 1. The first-order valence-corrected chi connectivity index (χ1v) is 6.38. The number of piperidine rings is 1. The largest absolute Gasteiger partial charge is 0.393 e. The van der Waals surface area contributed by atoms with Gasteiger partial charge in [0.05, 0.1) is 11.7 Å². The molecule has 4 nitrogen and oxygen atoms in total. The third-order valence-electron chi connectivity index (χ3n) is 3.21. The summed E-state index contributed by atoms with van der Waals surface area (Å²) in [5, 5.41) is 18.2. The van der Waals surface area contributed by atoms with Crippen molar-refractivity contribution in [3.05, 3.63) is 35.4 Å². The van der Waals surface area contributed by atoms with Gasteiger partial charge in [0, 0.05) is 18.7 Å². The zero-order chi connectivity index (χ0) is 13.7. The highest BCUT2D eigenvalue weighted by atomic mass is 16.3. The fraction of sp³-hybridized carbons (Fsp3) is 0.400. The maximum Gasteiger partial charge on any atom is 0.255 e. The van der Waals surface area contributed by atoms with E-state index in [4.69, 9.17) is 5.11 Å². The van der Waals surface area contributed by atoms with Crippen molar-refractivity contribution in [1.82, 2.24) is 4.90 Å². The normalized spacial score (nSPS) is 15.8. The lowest BCUT2D eigenvalue weighted by atomic mass is 10.0. The molecule has 4 heteroatoms. The summed E-state index contributed by atoms with van der Waals surface area (Å²) in [5.41, 5.74) is 1.19. The quantitative estimate of drug-likeness (QED) is 0.727. The molecule has 0 aromatic heterocycles. The van der Waals surface area contributed by atoms with Crippen LogP contribution in [0.5, 0.6) is 0 Å². The number of aliphatic hydroxyl groups is 2. The van der Waals surface area contributed by atoms with Crippen molar-refractivity contribution in [2.24, 2.45) is 0 Å². The minimum Gasteiger partial charge on any atom is -0.393 e. The molecule has 0 bridgehead atoms. The molecular formula is C15H17NO3. The van der Waals surface area contributed by atoms with E-state index in [2.05, 4.69) is 11.8 Å². The first-order chi connectivity index (χ1) is 9.22. The monoisotopic (exact) mass is 259 g/mol. The Hall–Kier alpha value is -1.83. The van der Waals surface area contributed by atoms with Gasteiger partial charge in [0.1, 0.15) is 6.61 Å². The van der Waals surface area contributed by atoms with Gasteiger partial charge in [-0.15, -0.1) is 0 Å². The number of carbonyl (C=O) groups is 1. The number of nitrogens with zero attached hydrogens (tertiary/aromatic N) is 1. The fourth-order valence-corrected chi connectivity index (χ4v) is 2.15. The number of carbonyl (C=O) groups excluding carboxylic acids is 1. The summed E-state index contributed by atoms with van der Waals surface area (Å²) in [4.78, 5) is 14.1. The highest BCUT2D eigenvalue weighted by molar-refractivity contribution is 5.96. The van der Waals surface area contributed by atoms with Crippen LogP contribution in [-0.4, -0.2) is 46.8 Å². The number of hydrogen-bond donors (Lipinski definition) is 2. The van der Waals surface area contributed by atoms with Gasteiger partial charge in [-0.2, -0.15) is 0 Å². The molecule has 100 valence electrons. The summed E-state index contributed by atoms with van der Waals surface area (Å²) < 4.78 is 0. The average molecular weight is 259 g/mol. The van der Waals surface area contributed by atoms with Crippen LogP contribution < -0.4 is 0 Å². The molecule has 2 N–H and O–H groups in total. The summed E-state index contributed by atoms with van der Waals surface area (Å²) in [6.07, 6.45) is 0.945. The minimum absolute atomic E-state index is 0.0604. The van der Waals surface area contributed by atoms with Crippen LogP contribution in [0.25, 0.3) is 0 Å². The Morgan fingerprint density at radius 1 is 1.32 bits per heavy atom. The van der Waals surface area contributed by atoms with Crippen molar-refractivity contribution in [2.75, 3.05) is 19.7 Å². The second-order valence-electron chi connectivity index (χ2n) is 4.53. The zero-order valence-corrected chi connectivity index (χ0v) is 10.7. The second kappa shape index (κ2) is 6.37. The van der Waals surface area contributed by atoms with Crippen LogP contribution in [-0.2, 0) is 0 Å². The SMILES string of the molecule is O=C(c1ccccc1C#CCO)N1CCC(O)CC1. The molecule has 0 saturated carbocycles. The third kappa shape index (κ3) is 3.34. The first-order valence-electron chi connectivity index (χ1n) is 6.38. The molecule has 1 aromatic carbocycles. The number of benzene rings is 1. The first kappa shape index (κ1) is 13.6. The Kier molecular flexibility index (Phi) is 4.56. The van der Waals surface area contributed by atoms with Crippen molar-refractivity contribution in [2.45, 2.75) is 18.9 Å². The Morgan fingerprint density at radius 2 is 2.00 bits per heavy atom. The Bertz CT molecular complexity index is 508. The van der Waals surface area contributed by atoms with Gasteiger partial charge in [-0.05, 0) is 25.0 Å². The number of amides is 1. The topological polar surface area (TPSA) is 60.8 Å². The van der Waals surface area contributed by atoms with Gasteiger partial charge in [0.25, 0.3) is 5.91 Å². The van der Waals surface area contributed by atoms with Crippen LogP contribution in [0.4, 0.5) is 0 Å². The van der Waals surface area contributed by atoms with Gasteiger partial charge in [-0.3, -0.25) is 4.79 Å². The molecule has 0 radical (unpaired) electrons. The van der Waals surface area contributed by atoms with Crippen molar-refractivity contribution in [1.29, 1.82) is 0 Å². The van der Waals surface area contributed by atoms with Crippen LogP contribution in [0, 0.1) is 11.8 Å². The maximum absolute atomic E-state index is 12.4. The third-order valence-corrected chi connectivity index (χ3v) is 3.21. The Morgan fingerprint density at radius 3 is 2.68 bits per heavy atom. The van der Waals surface area contributed by atoms with Gasteiger partial charge >= 0.3 is 0 Å². The Labute approximate surface area is 112 Å². The molecule has 0 unspecified atom stereocenters. The van der Waals surface area contributed by atoms with Crippen molar-refractivity contribution in [3.63, 3.8) is 0 Å². The van der Waals surface area contributed by atoms with Crippen LogP contribution in [0.15, 0.2) is 24.3 Å². The van der Waals surface area contributed by atoms with Crippen LogP contribution in [0.1, 0.15) is 28.8 Å². The van der Waals surface area contributed by atoms with E-state index in [9.17, 15) is 9.90 Å². The second-order valence-corrected chi connectivity index (χ2v) is 4.53. The van der Waals surface area contributed by atoms with E-state index in [0.29, 0.717) is 37.1 Å². The van der Waals surface area contributed by atoms with E-state index in [1.54, 1.807) is 23.1 Å². The van der Waals surface area contributed by atoms with Gasteiger partial charge in [0.15, 0.2) is 0 Å². The summed E-state index contributed by atoms with van der Waals surface area (Å²) in [6, 6.07) is 7.14. The van der Waals surface area contributed by atoms with Gasteiger partial charge in [-0.1, -0.05) is 24.0 Å². The van der Waals surface area contributed by atoms with Crippen LogP contribution in [0.3, 0.4) is 0 Å². The highest BCUT2D eigenvalue weighted by Crippen LogP contribution is 2.16. The van der Waals surface area contributed by atoms with Gasteiger partial charge in [-0.25, -0.2) is 0 Å². The number of rotatable bonds is 1. The van der Waals surface area contributed by atoms with Crippen LogP contribution in [0.2, 0.25) is 0 Å². The standard InChI is InChI=1S/C15H17NO3/c17-11-3-5-12-4-1-2-6-14(12)15(19)16-9-7-13(18)8-10-16/h1-2,4,6,13,17-18H,7-11H2. The minimum atomic E-state index is -0.298. The molecule has 1 aromatic rings. The molecule has 1 amide bonds. The summed E-state index contributed by atoms with van der Waals surface area (Å²) in [5.74, 6) is 5.30. The molecule has 1 saturated heterocycles. The molecular weight excluding hydrogens is 242 g/mol. The van der Waals surface area contributed by atoms with E-state index in [1.165, 1.54) is 0 Å². The molecule has 0 atom stereocenters. The van der Waals surface area contributed by atoms with E-state index in [0.717, 1.165) is 0 Å². The van der Waals surface area contributed by atoms with Crippen molar-refractivity contribution < 1.29 is 15.0 Å². The van der Waals surface area contributed by atoms with E-state index in [1.807, 2.05) is 6.07 Å². The average Bonchev–Trinajstić information content (AvgIpc) is 2.45. The summed E-state index contributed by atoms with van der Waals surface area (Å²) in [7, 11) is 0. The summed E-state index contributed by atoms with van der Waals surface area (Å²) in [6.45, 7) is 0.919. The fourth-order valence-electron chi connectivity index (χ4n) is 2.15.